The van der Waals surface area contributed by atoms with Crippen LogP contribution < -0.4 is 9.80 Å². The van der Waals surface area contributed by atoms with Crippen molar-refractivity contribution in [1.82, 2.24) is 0 Å². The Morgan fingerprint density at radius 1 is 0.303 bits per heavy atom. The van der Waals surface area contributed by atoms with Crippen LogP contribution in [0.5, 0.6) is 0 Å². The largest absolute Gasteiger partial charge is 0.345 e. The van der Waals surface area contributed by atoms with Crippen molar-refractivity contribution >= 4 is 28.4 Å². The summed E-state index contributed by atoms with van der Waals surface area (Å²) < 4.78 is 0. The molecule has 0 aromatic heterocycles. The summed E-state index contributed by atoms with van der Waals surface area (Å²) in [5.41, 5.74) is 5.91. The first-order valence-electron chi connectivity index (χ1n) is 11.1. The van der Waals surface area contributed by atoms with Gasteiger partial charge in [-0.3, -0.25) is 0 Å². The average molecular weight is 429 g/mol. The third-order valence-electron chi connectivity index (χ3n) is 5.33. The van der Waals surface area contributed by atoms with E-state index in [1.165, 1.54) is 28.4 Å². The van der Waals surface area contributed by atoms with Crippen molar-refractivity contribution in [3.8, 4) is 0 Å². The lowest BCUT2D eigenvalue weighted by molar-refractivity contribution is 1.21. The fraction of sp³-hybridized carbons (Fsp3) is 0.0323. The summed E-state index contributed by atoms with van der Waals surface area (Å²) in [7, 11) is 2.07. The van der Waals surface area contributed by atoms with Crippen LogP contribution in [0.15, 0.2) is 152 Å². The fourth-order valence-electron chi connectivity index (χ4n) is 3.63. The number of nitrogens with zero attached hydrogens (tertiary/aromatic N) is 2. The molecule has 0 atom stereocenters. The van der Waals surface area contributed by atoms with Gasteiger partial charge >= 0.3 is 0 Å². The summed E-state index contributed by atoms with van der Waals surface area (Å²) in [5, 5.41) is 0. The summed E-state index contributed by atoms with van der Waals surface area (Å²) in [4.78, 5) is 4.42. The number of hydrogen-bond acceptors (Lipinski definition) is 2. The van der Waals surface area contributed by atoms with Crippen LogP contribution in [0.25, 0.3) is 0 Å². The van der Waals surface area contributed by atoms with E-state index >= 15 is 0 Å². The van der Waals surface area contributed by atoms with Crippen molar-refractivity contribution in [1.29, 1.82) is 0 Å². The van der Waals surface area contributed by atoms with E-state index in [1.807, 2.05) is 30.3 Å². The third kappa shape index (κ3) is 5.90. The van der Waals surface area contributed by atoms with Gasteiger partial charge in [-0.05, 0) is 60.7 Å². The molecule has 0 aliphatic carbocycles. The molecule has 0 aliphatic rings. The van der Waals surface area contributed by atoms with Gasteiger partial charge in [0.2, 0.25) is 0 Å². The predicted octanol–water partition coefficient (Wildman–Crippen LogP) is 8.61. The Morgan fingerprint density at radius 3 is 0.758 bits per heavy atom. The van der Waals surface area contributed by atoms with Crippen molar-refractivity contribution in [2.45, 2.75) is 0 Å². The lowest BCUT2D eigenvalue weighted by Crippen LogP contribution is -2.09. The van der Waals surface area contributed by atoms with Crippen LogP contribution in [0, 0.1) is 0 Å². The molecule has 0 saturated heterocycles. The van der Waals surface area contributed by atoms with Crippen LogP contribution in [0.3, 0.4) is 0 Å². The summed E-state index contributed by atoms with van der Waals surface area (Å²) in [6.07, 6.45) is 0. The molecular weight excluding hydrogens is 400 g/mol. The minimum atomic E-state index is 1.17. The molecule has 2 heteroatoms. The van der Waals surface area contributed by atoms with Gasteiger partial charge in [0, 0.05) is 35.5 Å². The quantitative estimate of drug-likeness (QED) is 0.276. The van der Waals surface area contributed by atoms with Gasteiger partial charge in [-0.1, -0.05) is 91.0 Å². The summed E-state index contributed by atoms with van der Waals surface area (Å²) in [6, 6.07) is 51.9. The van der Waals surface area contributed by atoms with E-state index in [4.69, 9.17) is 0 Å². The van der Waals surface area contributed by atoms with Gasteiger partial charge in [0.1, 0.15) is 0 Å². The Labute approximate surface area is 197 Å². The SMILES string of the molecule is CN(c1ccccc1)c1ccccc1.c1ccc(N(c2ccccc2)c2ccccc2)cc1. The summed E-state index contributed by atoms with van der Waals surface area (Å²) in [6.45, 7) is 0. The van der Waals surface area contributed by atoms with E-state index in [-0.39, 0.29) is 0 Å². The van der Waals surface area contributed by atoms with Gasteiger partial charge in [-0.25, -0.2) is 0 Å². The van der Waals surface area contributed by atoms with Gasteiger partial charge in [0.25, 0.3) is 0 Å². The molecule has 0 heterocycles. The van der Waals surface area contributed by atoms with Crippen LogP contribution in [0.4, 0.5) is 28.4 Å². The van der Waals surface area contributed by atoms with Crippen LogP contribution in [-0.4, -0.2) is 7.05 Å². The number of anilines is 5. The molecule has 0 saturated carbocycles. The molecule has 2 nitrogen and oxygen atoms in total. The van der Waals surface area contributed by atoms with Crippen LogP contribution in [0.1, 0.15) is 0 Å². The smallest absolute Gasteiger partial charge is 0.0461 e. The van der Waals surface area contributed by atoms with Gasteiger partial charge in [0.15, 0.2) is 0 Å². The highest BCUT2D eigenvalue weighted by Crippen LogP contribution is 2.33. The molecule has 0 amide bonds. The summed E-state index contributed by atoms with van der Waals surface area (Å²) >= 11 is 0. The molecule has 162 valence electrons. The van der Waals surface area contributed by atoms with E-state index in [0.29, 0.717) is 0 Å². The number of benzene rings is 5. The molecule has 33 heavy (non-hydrogen) atoms. The second kappa shape index (κ2) is 11.4. The van der Waals surface area contributed by atoms with E-state index in [0.717, 1.165) is 0 Å². The standard InChI is InChI=1S/C18H15N.C13H13N/c1-4-10-16(11-5-1)19(17-12-6-2-7-13-17)18-14-8-3-9-15-18;1-14(12-8-4-2-5-9-12)13-10-6-3-7-11-13/h1-15H;2-11H,1H3. The van der Waals surface area contributed by atoms with Gasteiger partial charge < -0.3 is 9.80 Å². The molecule has 0 unspecified atom stereocenters. The Balaban J connectivity index is 0.000000165. The second-order valence-corrected chi connectivity index (χ2v) is 7.57. The Morgan fingerprint density at radius 2 is 0.515 bits per heavy atom. The van der Waals surface area contributed by atoms with Crippen molar-refractivity contribution in [3.05, 3.63) is 152 Å². The van der Waals surface area contributed by atoms with E-state index in [1.54, 1.807) is 0 Å². The molecule has 0 fully saturated rings. The molecule has 5 aromatic carbocycles. The van der Waals surface area contributed by atoms with Crippen LogP contribution >= 0.6 is 0 Å². The molecule has 5 aromatic rings. The molecule has 0 bridgehead atoms. The topological polar surface area (TPSA) is 6.48 Å². The van der Waals surface area contributed by atoms with Gasteiger partial charge in [-0.15, -0.1) is 0 Å². The third-order valence-corrected chi connectivity index (χ3v) is 5.33. The lowest BCUT2D eigenvalue weighted by Gasteiger charge is -2.25. The minimum Gasteiger partial charge on any atom is -0.345 e. The second-order valence-electron chi connectivity index (χ2n) is 7.57. The lowest BCUT2D eigenvalue weighted by atomic mass is 10.2. The van der Waals surface area contributed by atoms with Crippen LogP contribution in [0.2, 0.25) is 0 Å². The van der Waals surface area contributed by atoms with Crippen molar-refractivity contribution in [2.24, 2.45) is 0 Å². The van der Waals surface area contributed by atoms with Crippen molar-refractivity contribution in [2.75, 3.05) is 16.8 Å². The van der Waals surface area contributed by atoms with Crippen molar-refractivity contribution < 1.29 is 0 Å². The van der Waals surface area contributed by atoms with E-state index in [9.17, 15) is 0 Å². The highest BCUT2D eigenvalue weighted by atomic mass is 15.1. The van der Waals surface area contributed by atoms with E-state index in [2.05, 4.69) is 138 Å². The zero-order valence-electron chi connectivity index (χ0n) is 18.8. The van der Waals surface area contributed by atoms with Crippen LogP contribution in [-0.2, 0) is 0 Å². The Hall–Kier alpha value is -4.30. The highest BCUT2D eigenvalue weighted by Gasteiger charge is 2.10. The number of rotatable bonds is 5. The molecule has 0 spiro atoms. The maximum Gasteiger partial charge on any atom is 0.0461 e. The molecular formula is C31H28N2. The van der Waals surface area contributed by atoms with E-state index < -0.39 is 0 Å². The van der Waals surface area contributed by atoms with Gasteiger partial charge in [-0.2, -0.15) is 0 Å². The average Bonchev–Trinajstić information content (AvgIpc) is 2.92. The maximum absolute atomic E-state index is 2.25. The number of para-hydroxylation sites is 5. The molecule has 5 rings (SSSR count). The Kier molecular flexibility index (Phi) is 7.54. The molecule has 0 N–H and O–H groups in total. The minimum absolute atomic E-state index is 1.17. The molecule has 0 radical (unpaired) electrons. The predicted molar refractivity (Wildman–Crippen MR) is 142 cm³/mol. The fourth-order valence-corrected chi connectivity index (χ4v) is 3.63. The maximum atomic E-state index is 2.25. The first kappa shape index (κ1) is 21.9. The van der Waals surface area contributed by atoms with Gasteiger partial charge in [0.05, 0.1) is 0 Å². The zero-order valence-corrected chi connectivity index (χ0v) is 18.8. The molecule has 0 aliphatic heterocycles. The van der Waals surface area contributed by atoms with Crippen molar-refractivity contribution in [3.63, 3.8) is 0 Å². The monoisotopic (exact) mass is 428 g/mol. The first-order valence-corrected chi connectivity index (χ1v) is 11.1. The normalized spacial score (nSPS) is 9.97. The first-order chi connectivity index (χ1) is 16.3. The Bertz CT molecular complexity index is 1060. The summed E-state index contributed by atoms with van der Waals surface area (Å²) in [5.74, 6) is 0. The highest BCUT2D eigenvalue weighted by molar-refractivity contribution is 5.76. The zero-order chi connectivity index (χ0) is 22.7. The number of hydrogen-bond donors (Lipinski definition) is 0.